The fourth-order valence-corrected chi connectivity index (χ4v) is 3.21. The molecule has 6 heteroatoms. The molecule has 0 aliphatic heterocycles. The molecule has 0 spiro atoms. The summed E-state index contributed by atoms with van der Waals surface area (Å²) < 4.78 is 30.7. The first-order valence-corrected chi connectivity index (χ1v) is 7.53. The number of hydrogen-bond donors (Lipinski definition) is 1. The minimum absolute atomic E-state index is 0.0691. The molecule has 0 saturated carbocycles. The smallest absolute Gasteiger partial charge is 0.126 e. The minimum Gasteiger partial charge on any atom is -0.312 e. The molecule has 1 unspecified atom stereocenters. The van der Waals surface area contributed by atoms with Gasteiger partial charge in [0, 0.05) is 17.5 Å². The summed E-state index contributed by atoms with van der Waals surface area (Å²) in [5.74, 6) is -1.11. The molecule has 1 aromatic heterocycles. The van der Waals surface area contributed by atoms with Crippen molar-refractivity contribution in [3.63, 3.8) is 0 Å². The van der Waals surface area contributed by atoms with Crippen LogP contribution < -0.4 is 5.32 Å². The zero-order valence-electron chi connectivity index (χ0n) is 12.6. The number of likely N-dealkylation sites (N-methyl/N-ethyl adjacent to an activating group) is 1. The van der Waals surface area contributed by atoms with Crippen molar-refractivity contribution in [3.8, 4) is 0 Å². The molecule has 21 heavy (non-hydrogen) atoms. The lowest BCUT2D eigenvalue weighted by Crippen LogP contribution is -2.23. The maximum atomic E-state index is 13.3. The summed E-state index contributed by atoms with van der Waals surface area (Å²) in [4.78, 5) is 1.01. The highest BCUT2D eigenvalue weighted by molar-refractivity contribution is 7.05. The SMILES string of the molecule is CNC(Cc1cc(F)cc(F)c1)c1snnc1C(C)(C)C. The highest BCUT2D eigenvalue weighted by Gasteiger charge is 2.26. The third-order valence-corrected chi connectivity index (χ3v) is 4.09. The lowest BCUT2D eigenvalue weighted by atomic mass is 9.89. The van der Waals surface area contributed by atoms with Crippen molar-refractivity contribution in [3.05, 3.63) is 46.0 Å². The Balaban J connectivity index is 2.31. The van der Waals surface area contributed by atoms with Gasteiger partial charge in [0.1, 0.15) is 11.6 Å². The molecule has 1 N–H and O–H groups in total. The van der Waals surface area contributed by atoms with E-state index in [-0.39, 0.29) is 11.5 Å². The monoisotopic (exact) mass is 311 g/mol. The fraction of sp³-hybridized carbons (Fsp3) is 0.467. The van der Waals surface area contributed by atoms with E-state index >= 15 is 0 Å². The summed E-state index contributed by atoms with van der Waals surface area (Å²) in [6, 6.07) is 3.53. The molecule has 3 nitrogen and oxygen atoms in total. The molecule has 0 bridgehead atoms. The van der Waals surface area contributed by atoms with Gasteiger partial charge in [-0.25, -0.2) is 8.78 Å². The number of hydrogen-bond acceptors (Lipinski definition) is 4. The van der Waals surface area contributed by atoms with Crippen LogP contribution in [0.3, 0.4) is 0 Å². The summed E-state index contributed by atoms with van der Waals surface area (Å²) in [6.07, 6.45) is 0.484. The Morgan fingerprint density at radius 2 is 1.81 bits per heavy atom. The van der Waals surface area contributed by atoms with Gasteiger partial charge in [-0.1, -0.05) is 25.3 Å². The van der Waals surface area contributed by atoms with Crippen LogP contribution in [0, 0.1) is 11.6 Å². The number of nitrogens with zero attached hydrogens (tertiary/aromatic N) is 2. The molecule has 2 rings (SSSR count). The lowest BCUT2D eigenvalue weighted by Gasteiger charge is -2.21. The zero-order valence-corrected chi connectivity index (χ0v) is 13.4. The summed E-state index contributed by atoms with van der Waals surface area (Å²) in [5.41, 5.74) is 1.41. The van der Waals surface area contributed by atoms with Crippen LogP contribution >= 0.6 is 11.5 Å². The molecule has 0 radical (unpaired) electrons. The van der Waals surface area contributed by atoms with Crippen LogP contribution in [0.1, 0.15) is 42.9 Å². The number of halogens is 2. The molecule has 2 aromatic rings. The first kappa shape index (κ1) is 16.0. The van der Waals surface area contributed by atoms with E-state index < -0.39 is 11.6 Å². The minimum atomic E-state index is -0.557. The van der Waals surface area contributed by atoms with Gasteiger partial charge in [-0.2, -0.15) is 0 Å². The zero-order chi connectivity index (χ0) is 15.6. The quantitative estimate of drug-likeness (QED) is 0.937. The first-order valence-electron chi connectivity index (χ1n) is 6.76. The molecule has 0 saturated heterocycles. The number of aromatic nitrogens is 2. The van der Waals surface area contributed by atoms with Gasteiger partial charge in [0.15, 0.2) is 0 Å². The first-order chi connectivity index (χ1) is 9.81. The fourth-order valence-electron chi connectivity index (χ4n) is 2.24. The Kier molecular flexibility index (Phi) is 4.68. The van der Waals surface area contributed by atoms with Crippen LogP contribution in [-0.4, -0.2) is 16.6 Å². The Labute approximate surface area is 127 Å². The van der Waals surface area contributed by atoms with Gasteiger partial charge in [0.05, 0.1) is 10.6 Å². The Morgan fingerprint density at radius 3 is 2.33 bits per heavy atom. The highest BCUT2D eigenvalue weighted by Crippen LogP contribution is 2.32. The van der Waals surface area contributed by atoms with Crippen molar-refractivity contribution in [1.82, 2.24) is 14.9 Å². The Morgan fingerprint density at radius 1 is 1.19 bits per heavy atom. The van der Waals surface area contributed by atoms with E-state index in [0.717, 1.165) is 16.6 Å². The summed E-state index contributed by atoms with van der Waals surface area (Å²) in [5, 5.41) is 7.40. The average molecular weight is 311 g/mol. The largest absolute Gasteiger partial charge is 0.312 e. The molecular weight excluding hydrogens is 292 g/mol. The van der Waals surface area contributed by atoms with Crippen LogP contribution in [0.15, 0.2) is 18.2 Å². The van der Waals surface area contributed by atoms with Crippen LogP contribution in [0.4, 0.5) is 8.78 Å². The molecule has 0 amide bonds. The molecule has 0 fully saturated rings. The number of nitrogens with one attached hydrogen (secondary N) is 1. The van der Waals surface area contributed by atoms with Gasteiger partial charge < -0.3 is 5.32 Å². The van der Waals surface area contributed by atoms with E-state index in [1.165, 1.54) is 23.7 Å². The molecule has 114 valence electrons. The summed E-state index contributed by atoms with van der Waals surface area (Å²) in [6.45, 7) is 6.21. The second-order valence-electron chi connectivity index (χ2n) is 6.06. The number of rotatable bonds is 4. The molecule has 1 heterocycles. The topological polar surface area (TPSA) is 37.8 Å². The Bertz CT molecular complexity index is 599. The van der Waals surface area contributed by atoms with E-state index in [9.17, 15) is 8.78 Å². The summed E-state index contributed by atoms with van der Waals surface area (Å²) in [7, 11) is 1.83. The van der Waals surface area contributed by atoms with Gasteiger partial charge in [0.2, 0.25) is 0 Å². The van der Waals surface area contributed by atoms with Crippen molar-refractivity contribution in [2.45, 2.75) is 38.6 Å². The van der Waals surface area contributed by atoms with E-state index in [2.05, 4.69) is 35.7 Å². The average Bonchev–Trinajstić information content (AvgIpc) is 2.83. The third kappa shape index (κ3) is 3.83. The molecule has 1 aromatic carbocycles. The molecular formula is C15H19F2N3S. The van der Waals surface area contributed by atoms with Crippen molar-refractivity contribution < 1.29 is 8.78 Å². The second kappa shape index (κ2) is 6.15. The molecule has 0 aliphatic rings. The molecule has 0 aliphatic carbocycles. The van der Waals surface area contributed by atoms with Crippen molar-refractivity contribution >= 4 is 11.5 Å². The lowest BCUT2D eigenvalue weighted by molar-refractivity contribution is 0.527. The van der Waals surface area contributed by atoms with Crippen LogP contribution in [-0.2, 0) is 11.8 Å². The summed E-state index contributed by atoms with van der Waals surface area (Å²) >= 11 is 1.33. The van der Waals surface area contributed by atoms with Crippen molar-refractivity contribution in [2.24, 2.45) is 0 Å². The maximum absolute atomic E-state index is 13.3. The van der Waals surface area contributed by atoms with Crippen LogP contribution in [0.2, 0.25) is 0 Å². The number of benzene rings is 1. The van der Waals surface area contributed by atoms with E-state index in [0.29, 0.717) is 12.0 Å². The van der Waals surface area contributed by atoms with E-state index in [1.54, 1.807) is 0 Å². The van der Waals surface area contributed by atoms with Gasteiger partial charge in [-0.05, 0) is 42.7 Å². The van der Waals surface area contributed by atoms with E-state index in [4.69, 9.17) is 0 Å². The van der Waals surface area contributed by atoms with Gasteiger partial charge in [-0.3, -0.25) is 0 Å². The highest BCUT2D eigenvalue weighted by atomic mass is 32.1. The molecule has 1 atom stereocenters. The maximum Gasteiger partial charge on any atom is 0.126 e. The second-order valence-corrected chi connectivity index (χ2v) is 6.84. The van der Waals surface area contributed by atoms with Crippen molar-refractivity contribution in [2.75, 3.05) is 7.05 Å². The van der Waals surface area contributed by atoms with Crippen molar-refractivity contribution in [1.29, 1.82) is 0 Å². The standard InChI is InChI=1S/C15H19F2N3S/c1-15(2,3)14-13(21-20-19-14)12(18-4)7-9-5-10(16)8-11(17)6-9/h5-6,8,12,18H,7H2,1-4H3. The Hall–Kier alpha value is -1.40. The normalized spacial score (nSPS) is 13.4. The van der Waals surface area contributed by atoms with E-state index in [1.807, 2.05) is 7.05 Å². The third-order valence-electron chi connectivity index (χ3n) is 3.25. The van der Waals surface area contributed by atoms with Gasteiger partial charge in [0.25, 0.3) is 0 Å². The van der Waals surface area contributed by atoms with Gasteiger partial charge >= 0.3 is 0 Å². The van der Waals surface area contributed by atoms with Crippen LogP contribution in [0.25, 0.3) is 0 Å². The predicted octanol–water partition coefficient (Wildman–Crippen LogP) is 3.62. The predicted molar refractivity (Wildman–Crippen MR) is 80.5 cm³/mol. The van der Waals surface area contributed by atoms with Crippen LogP contribution in [0.5, 0.6) is 0 Å². The van der Waals surface area contributed by atoms with Gasteiger partial charge in [-0.15, -0.1) is 5.10 Å².